The van der Waals surface area contributed by atoms with Crippen molar-refractivity contribution in [2.24, 2.45) is 5.92 Å². The van der Waals surface area contributed by atoms with Crippen LogP contribution in [-0.2, 0) is 14.6 Å². The van der Waals surface area contributed by atoms with E-state index in [0.717, 1.165) is 23.0 Å². The predicted octanol–water partition coefficient (Wildman–Crippen LogP) is 2.80. The van der Waals surface area contributed by atoms with Gasteiger partial charge < -0.3 is 5.32 Å². The van der Waals surface area contributed by atoms with Crippen LogP contribution in [0.2, 0.25) is 0 Å². The lowest BCUT2D eigenvalue weighted by Crippen LogP contribution is -2.18. The highest BCUT2D eigenvalue weighted by Gasteiger charge is 2.23. The Labute approximate surface area is 146 Å². The number of amides is 1. The molecule has 1 unspecified atom stereocenters. The van der Waals surface area contributed by atoms with Crippen LogP contribution in [0.4, 0.5) is 4.39 Å². The molecule has 1 saturated heterocycles. The molecule has 0 radical (unpaired) electrons. The first kappa shape index (κ1) is 17.4. The summed E-state index contributed by atoms with van der Waals surface area (Å²) in [5.41, 5.74) is 2.33. The second-order valence-corrected chi connectivity index (χ2v) is 8.09. The van der Waals surface area contributed by atoms with Gasteiger partial charge in [0.25, 0.3) is 0 Å². The summed E-state index contributed by atoms with van der Waals surface area (Å²) in [6.45, 7) is 0.629. The minimum Gasteiger partial charge on any atom is -0.356 e. The van der Waals surface area contributed by atoms with Gasteiger partial charge in [0.1, 0.15) is 5.82 Å². The highest BCUT2D eigenvalue weighted by atomic mass is 32.2. The Morgan fingerprint density at radius 2 is 1.64 bits per heavy atom. The van der Waals surface area contributed by atoms with E-state index in [1.165, 1.54) is 24.3 Å². The van der Waals surface area contributed by atoms with Gasteiger partial charge in [0.05, 0.1) is 10.8 Å². The number of hydrogen-bond acceptors (Lipinski definition) is 3. The van der Waals surface area contributed by atoms with E-state index in [2.05, 4.69) is 5.32 Å². The molecule has 1 fully saturated rings. The molecule has 2 aromatic rings. The topological polar surface area (TPSA) is 63.2 Å². The highest BCUT2D eigenvalue weighted by molar-refractivity contribution is 7.90. The zero-order valence-electron chi connectivity index (χ0n) is 13.7. The van der Waals surface area contributed by atoms with Crippen LogP contribution in [0.5, 0.6) is 0 Å². The molecule has 1 amide bonds. The van der Waals surface area contributed by atoms with Crippen molar-refractivity contribution < 1.29 is 17.6 Å². The average molecular weight is 359 g/mol. The van der Waals surface area contributed by atoms with E-state index in [4.69, 9.17) is 0 Å². The Kier molecular flexibility index (Phi) is 4.72. The third kappa shape index (κ3) is 3.96. The Hall–Kier alpha value is -2.47. The molecule has 0 aromatic heterocycles. The van der Waals surface area contributed by atoms with E-state index >= 15 is 0 Å². The van der Waals surface area contributed by atoms with Crippen molar-refractivity contribution in [1.82, 2.24) is 5.32 Å². The number of rotatable bonds is 4. The molecule has 0 spiro atoms. The molecule has 25 heavy (non-hydrogen) atoms. The smallest absolute Gasteiger partial charge is 0.227 e. The Morgan fingerprint density at radius 3 is 2.12 bits per heavy atom. The van der Waals surface area contributed by atoms with Crippen LogP contribution < -0.4 is 5.32 Å². The molecule has 0 bridgehead atoms. The molecule has 1 atom stereocenters. The van der Waals surface area contributed by atoms with Crippen LogP contribution in [0.15, 0.2) is 59.5 Å². The summed E-state index contributed by atoms with van der Waals surface area (Å²) < 4.78 is 36.5. The molecule has 1 N–H and O–H groups in total. The lowest BCUT2D eigenvalue weighted by atomic mass is 9.93. The highest BCUT2D eigenvalue weighted by Crippen LogP contribution is 2.28. The molecular formula is C19H18FNO3S. The second-order valence-electron chi connectivity index (χ2n) is 6.07. The fourth-order valence-corrected chi connectivity index (χ4v) is 3.47. The molecule has 0 saturated carbocycles. The quantitative estimate of drug-likeness (QED) is 0.913. The Balaban J connectivity index is 2.06. The van der Waals surface area contributed by atoms with Gasteiger partial charge in [-0.2, -0.15) is 0 Å². The normalized spacial score (nSPS) is 18.2. The summed E-state index contributed by atoms with van der Waals surface area (Å²) >= 11 is 0. The molecule has 0 aliphatic carbocycles. The monoisotopic (exact) mass is 359 g/mol. The van der Waals surface area contributed by atoms with E-state index in [1.807, 2.05) is 6.08 Å². The maximum atomic E-state index is 13.3. The molecule has 4 nitrogen and oxygen atoms in total. The van der Waals surface area contributed by atoms with Gasteiger partial charge in [-0.15, -0.1) is 0 Å². The summed E-state index contributed by atoms with van der Waals surface area (Å²) in [6.07, 6.45) is 3.72. The Bertz CT molecular complexity index is 916. The van der Waals surface area contributed by atoms with Crippen LogP contribution in [0.3, 0.4) is 0 Å². The van der Waals surface area contributed by atoms with E-state index in [9.17, 15) is 17.6 Å². The maximum absolute atomic E-state index is 13.3. The Morgan fingerprint density at radius 1 is 1.08 bits per heavy atom. The molecule has 130 valence electrons. The molecule has 1 aliphatic heterocycles. The van der Waals surface area contributed by atoms with Gasteiger partial charge in [-0.3, -0.25) is 4.79 Å². The number of benzene rings is 2. The SMILES string of the molecule is CS(=O)(=O)c1ccc(/C(=C\C2CCNC2=O)c2ccc(F)cc2)cc1. The van der Waals surface area contributed by atoms with Crippen molar-refractivity contribution in [3.8, 4) is 0 Å². The van der Waals surface area contributed by atoms with Crippen molar-refractivity contribution >= 4 is 21.3 Å². The van der Waals surface area contributed by atoms with Crippen molar-refractivity contribution in [3.63, 3.8) is 0 Å². The van der Waals surface area contributed by atoms with Gasteiger partial charge in [-0.05, 0) is 47.4 Å². The molecule has 1 heterocycles. The first-order valence-corrected chi connectivity index (χ1v) is 9.80. The summed E-state index contributed by atoms with van der Waals surface area (Å²) in [4.78, 5) is 12.1. The molecule has 2 aromatic carbocycles. The fraction of sp³-hybridized carbons (Fsp3) is 0.211. The standard InChI is InChI=1S/C19H18FNO3S/c1-25(23,24)17-8-4-14(5-9-17)18(12-15-10-11-21-19(15)22)13-2-6-16(20)7-3-13/h2-9,12,15H,10-11H2,1H3,(H,21,22)/b18-12-. The van der Waals surface area contributed by atoms with Gasteiger partial charge in [0.15, 0.2) is 9.84 Å². The number of hydrogen-bond donors (Lipinski definition) is 1. The van der Waals surface area contributed by atoms with Crippen LogP contribution in [0.25, 0.3) is 5.57 Å². The summed E-state index contributed by atoms with van der Waals surface area (Å²) in [5, 5.41) is 2.79. The van der Waals surface area contributed by atoms with Crippen LogP contribution in [0.1, 0.15) is 17.5 Å². The number of carbonyl (C=O) groups is 1. The molecule has 6 heteroatoms. The first-order valence-electron chi connectivity index (χ1n) is 7.90. The largest absolute Gasteiger partial charge is 0.356 e. The molecular weight excluding hydrogens is 341 g/mol. The predicted molar refractivity (Wildman–Crippen MR) is 94.1 cm³/mol. The maximum Gasteiger partial charge on any atom is 0.227 e. The summed E-state index contributed by atoms with van der Waals surface area (Å²) in [7, 11) is -3.28. The fourth-order valence-electron chi connectivity index (χ4n) is 2.84. The second kappa shape index (κ2) is 6.80. The van der Waals surface area contributed by atoms with Crippen molar-refractivity contribution in [2.45, 2.75) is 11.3 Å². The number of halogens is 1. The van der Waals surface area contributed by atoms with Crippen LogP contribution in [0, 0.1) is 11.7 Å². The lowest BCUT2D eigenvalue weighted by Gasteiger charge is -2.12. The van der Waals surface area contributed by atoms with Gasteiger partial charge >= 0.3 is 0 Å². The molecule has 3 rings (SSSR count). The first-order chi connectivity index (χ1) is 11.8. The van der Waals surface area contributed by atoms with Gasteiger partial charge in [0, 0.05) is 12.8 Å². The van der Waals surface area contributed by atoms with Crippen LogP contribution in [-0.4, -0.2) is 27.1 Å². The minimum absolute atomic E-state index is 0.0348. The van der Waals surface area contributed by atoms with Gasteiger partial charge in [-0.25, -0.2) is 12.8 Å². The number of sulfone groups is 1. The van der Waals surface area contributed by atoms with Crippen molar-refractivity contribution in [2.75, 3.05) is 12.8 Å². The van der Waals surface area contributed by atoms with E-state index < -0.39 is 9.84 Å². The van der Waals surface area contributed by atoms with Crippen LogP contribution >= 0.6 is 0 Å². The summed E-state index contributed by atoms with van der Waals surface area (Å²) in [6, 6.07) is 12.5. The number of carbonyl (C=O) groups excluding carboxylic acids is 1. The average Bonchev–Trinajstić information content (AvgIpc) is 2.98. The minimum atomic E-state index is -3.28. The lowest BCUT2D eigenvalue weighted by molar-refractivity contribution is -0.121. The van der Waals surface area contributed by atoms with Gasteiger partial charge in [0.2, 0.25) is 5.91 Å². The van der Waals surface area contributed by atoms with E-state index in [1.54, 1.807) is 24.3 Å². The van der Waals surface area contributed by atoms with E-state index in [-0.39, 0.29) is 22.5 Å². The third-order valence-electron chi connectivity index (χ3n) is 4.21. The zero-order chi connectivity index (χ0) is 18.0. The summed E-state index contributed by atoms with van der Waals surface area (Å²) in [5.74, 6) is -0.629. The zero-order valence-corrected chi connectivity index (χ0v) is 14.5. The number of nitrogens with one attached hydrogen (secondary N) is 1. The third-order valence-corrected chi connectivity index (χ3v) is 5.34. The van der Waals surface area contributed by atoms with Crippen molar-refractivity contribution in [3.05, 3.63) is 71.6 Å². The van der Waals surface area contributed by atoms with Crippen molar-refractivity contribution in [1.29, 1.82) is 0 Å². The molecule has 1 aliphatic rings. The van der Waals surface area contributed by atoms with Gasteiger partial charge in [-0.1, -0.05) is 30.3 Å². The van der Waals surface area contributed by atoms with E-state index in [0.29, 0.717) is 13.0 Å².